The summed E-state index contributed by atoms with van der Waals surface area (Å²) < 4.78 is 18.9. The van der Waals surface area contributed by atoms with Gasteiger partial charge in [0.05, 0.1) is 6.10 Å². The average molecular weight is 345 g/mol. The Labute approximate surface area is 147 Å². The molecule has 2 heterocycles. The lowest BCUT2D eigenvalue weighted by Crippen LogP contribution is -2.41. The Morgan fingerprint density at radius 3 is 2.72 bits per heavy atom. The summed E-state index contributed by atoms with van der Waals surface area (Å²) in [5, 5.41) is 7.08. The maximum absolute atomic E-state index is 13.1. The highest BCUT2D eigenvalue weighted by molar-refractivity contribution is 5.92. The third kappa shape index (κ3) is 3.90. The van der Waals surface area contributed by atoms with Crippen molar-refractivity contribution in [1.29, 1.82) is 0 Å². The van der Waals surface area contributed by atoms with E-state index in [1.165, 1.54) is 12.1 Å². The maximum atomic E-state index is 13.1. The molecule has 1 saturated heterocycles. The minimum absolute atomic E-state index is 0.0653. The number of amides is 1. The maximum Gasteiger partial charge on any atom is 0.274 e. The number of ether oxygens (including phenoxy) is 1. The van der Waals surface area contributed by atoms with Gasteiger partial charge in [-0.1, -0.05) is 26.0 Å². The fourth-order valence-corrected chi connectivity index (χ4v) is 3.13. The second-order valence-electron chi connectivity index (χ2n) is 6.87. The minimum atomic E-state index is -0.261. The fraction of sp³-hybridized carbons (Fsp3) is 0.474. The predicted octanol–water partition coefficient (Wildman–Crippen LogP) is 3.66. The number of benzene rings is 1. The zero-order valence-corrected chi connectivity index (χ0v) is 14.8. The van der Waals surface area contributed by atoms with Crippen molar-refractivity contribution >= 4 is 5.91 Å². The van der Waals surface area contributed by atoms with Gasteiger partial charge in [-0.05, 0) is 42.5 Å². The number of nitrogens with one attached hydrogen (secondary N) is 1. The largest absolute Gasteiger partial charge is 0.373 e. The number of H-pyrrole nitrogens is 1. The van der Waals surface area contributed by atoms with E-state index in [-0.39, 0.29) is 23.9 Å². The average Bonchev–Trinajstić information content (AvgIpc) is 3.11. The molecule has 1 fully saturated rings. The highest BCUT2D eigenvalue weighted by Crippen LogP contribution is 2.30. The van der Waals surface area contributed by atoms with E-state index in [1.54, 1.807) is 17.0 Å². The van der Waals surface area contributed by atoms with E-state index in [0.29, 0.717) is 24.6 Å². The van der Waals surface area contributed by atoms with Crippen molar-refractivity contribution in [2.75, 3.05) is 13.7 Å². The van der Waals surface area contributed by atoms with Gasteiger partial charge < -0.3 is 9.64 Å². The third-order valence-corrected chi connectivity index (χ3v) is 4.80. The Morgan fingerprint density at radius 1 is 1.36 bits per heavy atom. The van der Waals surface area contributed by atoms with E-state index >= 15 is 0 Å². The summed E-state index contributed by atoms with van der Waals surface area (Å²) in [6, 6.07) is 8.25. The summed E-state index contributed by atoms with van der Waals surface area (Å²) in [6.45, 7) is 4.68. The Bertz CT molecular complexity index is 727. The van der Waals surface area contributed by atoms with Crippen molar-refractivity contribution in [3.63, 3.8) is 0 Å². The van der Waals surface area contributed by atoms with Crippen molar-refractivity contribution in [3.05, 3.63) is 53.1 Å². The molecule has 25 heavy (non-hydrogen) atoms. The number of hydrogen-bond acceptors (Lipinski definition) is 3. The van der Waals surface area contributed by atoms with Crippen LogP contribution in [0.3, 0.4) is 0 Å². The highest BCUT2D eigenvalue weighted by Gasteiger charge is 2.30. The van der Waals surface area contributed by atoms with Gasteiger partial charge in [-0.25, -0.2) is 4.39 Å². The fourth-order valence-electron chi connectivity index (χ4n) is 3.13. The molecule has 134 valence electrons. The van der Waals surface area contributed by atoms with Gasteiger partial charge >= 0.3 is 0 Å². The van der Waals surface area contributed by atoms with Crippen LogP contribution in [0.4, 0.5) is 4.39 Å². The normalized spacial score (nSPS) is 20.7. The Balaban J connectivity index is 1.69. The smallest absolute Gasteiger partial charge is 0.274 e. The molecule has 0 spiro atoms. The molecule has 1 aliphatic rings. The van der Waals surface area contributed by atoms with Gasteiger partial charge in [0.2, 0.25) is 0 Å². The molecule has 2 aromatic rings. The molecule has 6 heteroatoms. The van der Waals surface area contributed by atoms with Crippen LogP contribution in [-0.2, 0) is 4.74 Å². The molecule has 2 atom stereocenters. The van der Waals surface area contributed by atoms with E-state index in [4.69, 9.17) is 4.74 Å². The van der Waals surface area contributed by atoms with Crippen molar-refractivity contribution in [1.82, 2.24) is 15.1 Å². The van der Waals surface area contributed by atoms with Gasteiger partial charge in [-0.15, -0.1) is 0 Å². The molecule has 0 aliphatic carbocycles. The van der Waals surface area contributed by atoms with E-state index in [2.05, 4.69) is 24.0 Å². The predicted molar refractivity (Wildman–Crippen MR) is 92.9 cm³/mol. The molecule has 0 radical (unpaired) electrons. The third-order valence-electron chi connectivity index (χ3n) is 4.80. The van der Waals surface area contributed by atoms with E-state index in [0.717, 1.165) is 17.7 Å². The van der Waals surface area contributed by atoms with Crippen molar-refractivity contribution in [3.8, 4) is 0 Å². The first kappa shape index (κ1) is 17.6. The summed E-state index contributed by atoms with van der Waals surface area (Å²) in [5.41, 5.74) is 2.33. The molecule has 1 N–H and O–H groups in total. The van der Waals surface area contributed by atoms with Crippen molar-refractivity contribution < 1.29 is 13.9 Å². The summed E-state index contributed by atoms with van der Waals surface area (Å²) in [5.74, 6) is -0.0545. The second kappa shape index (κ2) is 7.35. The van der Waals surface area contributed by atoms with Crippen LogP contribution in [-0.4, -0.2) is 40.7 Å². The van der Waals surface area contributed by atoms with Crippen LogP contribution >= 0.6 is 0 Å². The molecule has 1 aromatic heterocycles. The van der Waals surface area contributed by atoms with Crippen LogP contribution < -0.4 is 0 Å². The number of aromatic amines is 1. The number of rotatable bonds is 4. The monoisotopic (exact) mass is 345 g/mol. The summed E-state index contributed by atoms with van der Waals surface area (Å²) >= 11 is 0. The van der Waals surface area contributed by atoms with Crippen LogP contribution in [0.2, 0.25) is 0 Å². The molecule has 0 unspecified atom stereocenters. The van der Waals surface area contributed by atoms with Gasteiger partial charge in [-0.3, -0.25) is 9.89 Å². The first-order valence-electron chi connectivity index (χ1n) is 8.65. The molecular weight excluding hydrogens is 321 g/mol. The Kier molecular flexibility index (Phi) is 5.18. The number of carbonyl (C=O) groups excluding carboxylic acids is 1. The molecule has 0 bridgehead atoms. The summed E-state index contributed by atoms with van der Waals surface area (Å²) in [6.07, 6.45) is 1.34. The molecule has 1 aliphatic heterocycles. The Morgan fingerprint density at radius 2 is 2.08 bits per heavy atom. The molecule has 0 saturated carbocycles. The summed E-state index contributed by atoms with van der Waals surface area (Å²) in [4.78, 5) is 14.5. The zero-order chi connectivity index (χ0) is 18.0. The van der Waals surface area contributed by atoms with Crippen molar-refractivity contribution in [2.24, 2.45) is 0 Å². The van der Waals surface area contributed by atoms with Gasteiger partial charge in [0.1, 0.15) is 11.5 Å². The SMILES string of the molecule is CC(C)c1cc(C(=O)N(C)[C@H]2CCO[C@@H](c3ccc(F)cc3)C2)n[nH]1. The first-order valence-corrected chi connectivity index (χ1v) is 8.65. The molecular formula is C19H24FN3O2. The number of aromatic nitrogens is 2. The van der Waals surface area contributed by atoms with Crippen LogP contribution in [0.1, 0.15) is 60.5 Å². The lowest BCUT2D eigenvalue weighted by molar-refractivity contribution is -0.0198. The molecule has 5 nitrogen and oxygen atoms in total. The summed E-state index contributed by atoms with van der Waals surface area (Å²) in [7, 11) is 1.81. The van der Waals surface area contributed by atoms with E-state index < -0.39 is 0 Å². The molecule has 1 aromatic carbocycles. The zero-order valence-electron chi connectivity index (χ0n) is 14.8. The lowest BCUT2D eigenvalue weighted by atomic mass is 9.96. The number of hydrogen-bond donors (Lipinski definition) is 1. The first-order chi connectivity index (χ1) is 12.0. The van der Waals surface area contributed by atoms with Gasteiger partial charge in [0, 0.05) is 25.4 Å². The lowest BCUT2D eigenvalue weighted by Gasteiger charge is -2.35. The van der Waals surface area contributed by atoms with Crippen molar-refractivity contribution in [2.45, 2.75) is 44.8 Å². The van der Waals surface area contributed by atoms with E-state index in [9.17, 15) is 9.18 Å². The topological polar surface area (TPSA) is 58.2 Å². The number of nitrogens with zero attached hydrogens (tertiary/aromatic N) is 2. The van der Waals surface area contributed by atoms with Crippen LogP contribution in [0, 0.1) is 5.82 Å². The van der Waals surface area contributed by atoms with Crippen LogP contribution in [0.5, 0.6) is 0 Å². The molecule has 1 amide bonds. The van der Waals surface area contributed by atoms with Gasteiger partial charge in [0.15, 0.2) is 0 Å². The van der Waals surface area contributed by atoms with Gasteiger partial charge in [0.25, 0.3) is 5.91 Å². The van der Waals surface area contributed by atoms with E-state index in [1.807, 2.05) is 13.1 Å². The van der Waals surface area contributed by atoms with Crippen LogP contribution in [0.15, 0.2) is 30.3 Å². The Hall–Kier alpha value is -2.21. The number of carbonyl (C=O) groups is 1. The second-order valence-corrected chi connectivity index (χ2v) is 6.87. The molecule has 3 rings (SSSR count). The minimum Gasteiger partial charge on any atom is -0.373 e. The van der Waals surface area contributed by atoms with Crippen LogP contribution in [0.25, 0.3) is 0 Å². The quantitative estimate of drug-likeness (QED) is 0.920. The number of halogens is 1. The van der Waals surface area contributed by atoms with Gasteiger partial charge in [-0.2, -0.15) is 5.10 Å². The highest BCUT2D eigenvalue weighted by atomic mass is 19.1. The standard InChI is InChI=1S/C19H24FN3O2/c1-12(2)16-11-17(22-21-16)19(24)23(3)15-8-9-25-18(10-15)13-4-6-14(20)7-5-13/h4-7,11-12,15,18H,8-10H2,1-3H3,(H,21,22)/t15-,18+/m0/s1.